The lowest BCUT2D eigenvalue weighted by atomic mass is 10.2. The van der Waals surface area contributed by atoms with Crippen LogP contribution >= 0.6 is 24.0 Å². The molecule has 30 heavy (non-hydrogen) atoms. The van der Waals surface area contributed by atoms with Crippen molar-refractivity contribution in [2.75, 3.05) is 25.6 Å². The Morgan fingerprint density at radius 3 is 2.70 bits per heavy atom. The van der Waals surface area contributed by atoms with Crippen molar-refractivity contribution < 1.29 is 9.47 Å². The smallest absolute Gasteiger partial charge is 0.196 e. The van der Waals surface area contributed by atoms with E-state index in [0.29, 0.717) is 30.6 Å². The number of halogens is 1. The molecule has 0 amide bonds. The van der Waals surface area contributed by atoms with E-state index in [0.717, 1.165) is 23.6 Å². The Balaban J connectivity index is 0.00000320. The fourth-order valence-electron chi connectivity index (χ4n) is 2.73. The number of nitrogens with zero attached hydrogens (tertiary/aromatic N) is 4. The molecule has 0 atom stereocenters. The zero-order chi connectivity index (χ0) is 20.5. The van der Waals surface area contributed by atoms with Gasteiger partial charge in [0, 0.05) is 36.9 Å². The minimum Gasteiger partial charge on any atom is -0.493 e. The molecule has 0 aliphatic rings. The number of hydrogen-bond acceptors (Lipinski definition) is 5. The Hall–Kier alpha value is -2.82. The maximum Gasteiger partial charge on any atom is 0.196 e. The highest BCUT2D eigenvalue weighted by molar-refractivity contribution is 14.0. The minimum absolute atomic E-state index is 0. The summed E-state index contributed by atoms with van der Waals surface area (Å²) in [5.41, 5.74) is 1.90. The molecular formula is C21H27IN6O2. The molecule has 160 valence electrons. The summed E-state index contributed by atoms with van der Waals surface area (Å²) in [6.45, 7) is 5.78. The average molecular weight is 522 g/mol. The second-order valence-corrected chi connectivity index (χ2v) is 6.09. The van der Waals surface area contributed by atoms with Crippen LogP contribution in [0, 0.1) is 0 Å². The summed E-state index contributed by atoms with van der Waals surface area (Å²) >= 11 is 0. The average Bonchev–Trinajstić information content (AvgIpc) is 3.28. The van der Waals surface area contributed by atoms with Crippen molar-refractivity contribution in [3.8, 4) is 17.3 Å². The van der Waals surface area contributed by atoms with E-state index in [1.807, 2.05) is 56.4 Å². The molecule has 0 saturated carbocycles. The SMILES string of the molecule is CCNC(=NCc1ccnc(-n2cccn2)c1)Nc1ccc(OC)c(OCC)c1.I. The van der Waals surface area contributed by atoms with Gasteiger partial charge in [-0.05, 0) is 49.7 Å². The zero-order valence-corrected chi connectivity index (χ0v) is 19.7. The number of ether oxygens (including phenoxy) is 2. The van der Waals surface area contributed by atoms with Crippen LogP contribution in [0.4, 0.5) is 5.69 Å². The van der Waals surface area contributed by atoms with Gasteiger partial charge in [-0.25, -0.2) is 14.7 Å². The first-order chi connectivity index (χ1) is 14.2. The molecule has 2 N–H and O–H groups in total. The highest BCUT2D eigenvalue weighted by atomic mass is 127. The van der Waals surface area contributed by atoms with Gasteiger partial charge in [0.25, 0.3) is 0 Å². The summed E-state index contributed by atoms with van der Waals surface area (Å²) in [6, 6.07) is 11.5. The number of anilines is 1. The third-order valence-corrected chi connectivity index (χ3v) is 4.04. The molecule has 9 heteroatoms. The molecule has 2 aromatic heterocycles. The van der Waals surface area contributed by atoms with Crippen molar-refractivity contribution in [3.05, 3.63) is 60.6 Å². The zero-order valence-electron chi connectivity index (χ0n) is 17.3. The first-order valence-electron chi connectivity index (χ1n) is 9.54. The molecule has 0 radical (unpaired) electrons. The second kappa shape index (κ2) is 12.0. The molecule has 2 heterocycles. The van der Waals surface area contributed by atoms with Crippen LogP contribution in [0.1, 0.15) is 19.4 Å². The fourth-order valence-corrected chi connectivity index (χ4v) is 2.73. The van der Waals surface area contributed by atoms with E-state index >= 15 is 0 Å². The van der Waals surface area contributed by atoms with Crippen molar-refractivity contribution >= 4 is 35.6 Å². The lowest BCUT2D eigenvalue weighted by molar-refractivity contribution is 0.311. The van der Waals surface area contributed by atoms with Crippen LogP contribution in [-0.4, -0.2) is 41.0 Å². The predicted octanol–water partition coefficient (Wildman–Crippen LogP) is 3.87. The Labute approximate surface area is 193 Å². The van der Waals surface area contributed by atoms with Gasteiger partial charge in [0.05, 0.1) is 20.3 Å². The molecule has 1 aromatic carbocycles. The van der Waals surface area contributed by atoms with Crippen molar-refractivity contribution in [3.63, 3.8) is 0 Å². The molecule has 0 saturated heterocycles. The molecule has 3 aromatic rings. The first-order valence-corrected chi connectivity index (χ1v) is 9.54. The van der Waals surface area contributed by atoms with E-state index in [-0.39, 0.29) is 24.0 Å². The van der Waals surface area contributed by atoms with Gasteiger partial charge in [0.2, 0.25) is 0 Å². The third-order valence-electron chi connectivity index (χ3n) is 4.04. The van der Waals surface area contributed by atoms with Gasteiger partial charge in [-0.15, -0.1) is 24.0 Å². The first kappa shape index (κ1) is 23.5. The van der Waals surface area contributed by atoms with E-state index in [1.54, 1.807) is 24.2 Å². The summed E-state index contributed by atoms with van der Waals surface area (Å²) in [5, 5.41) is 10.8. The van der Waals surface area contributed by atoms with Crippen LogP contribution in [0.5, 0.6) is 11.5 Å². The number of methoxy groups -OCH3 is 1. The number of benzene rings is 1. The van der Waals surface area contributed by atoms with E-state index < -0.39 is 0 Å². The van der Waals surface area contributed by atoms with Crippen LogP contribution in [-0.2, 0) is 6.54 Å². The maximum atomic E-state index is 5.65. The van der Waals surface area contributed by atoms with Crippen molar-refractivity contribution in [2.24, 2.45) is 4.99 Å². The normalized spacial score (nSPS) is 10.8. The standard InChI is InChI=1S/C21H26N6O2.HI/c1-4-22-21(26-17-7-8-18(28-3)19(14-17)29-5-2)24-15-16-9-11-23-20(13-16)27-12-6-10-25-27;/h6-14H,4-5,15H2,1-3H3,(H2,22,24,26);1H. The van der Waals surface area contributed by atoms with Gasteiger partial charge in [0.1, 0.15) is 0 Å². The number of pyridine rings is 1. The van der Waals surface area contributed by atoms with Crippen LogP contribution < -0.4 is 20.1 Å². The topological polar surface area (TPSA) is 85.6 Å². The molecular weight excluding hydrogens is 495 g/mol. The second-order valence-electron chi connectivity index (χ2n) is 6.09. The lowest BCUT2D eigenvalue weighted by Gasteiger charge is -2.14. The van der Waals surface area contributed by atoms with Crippen LogP contribution in [0.3, 0.4) is 0 Å². The number of rotatable bonds is 8. The van der Waals surface area contributed by atoms with Crippen LogP contribution in [0.2, 0.25) is 0 Å². The Morgan fingerprint density at radius 1 is 1.13 bits per heavy atom. The largest absolute Gasteiger partial charge is 0.493 e. The van der Waals surface area contributed by atoms with Gasteiger partial charge in [-0.1, -0.05) is 0 Å². The van der Waals surface area contributed by atoms with E-state index in [1.165, 1.54) is 0 Å². The van der Waals surface area contributed by atoms with Crippen LogP contribution in [0.15, 0.2) is 60.0 Å². The summed E-state index contributed by atoms with van der Waals surface area (Å²) in [7, 11) is 1.63. The minimum atomic E-state index is 0. The molecule has 3 rings (SSSR count). The molecule has 0 spiro atoms. The Kier molecular flexibility index (Phi) is 9.39. The highest BCUT2D eigenvalue weighted by Crippen LogP contribution is 2.30. The van der Waals surface area contributed by atoms with Crippen molar-refractivity contribution in [2.45, 2.75) is 20.4 Å². The molecule has 0 fully saturated rings. The number of aliphatic imine (C=N–C) groups is 1. The molecule has 0 bridgehead atoms. The fraction of sp³-hybridized carbons (Fsp3) is 0.286. The molecule has 8 nitrogen and oxygen atoms in total. The predicted molar refractivity (Wildman–Crippen MR) is 129 cm³/mol. The van der Waals surface area contributed by atoms with Crippen molar-refractivity contribution in [1.29, 1.82) is 0 Å². The molecule has 0 aliphatic carbocycles. The van der Waals surface area contributed by atoms with Crippen molar-refractivity contribution in [1.82, 2.24) is 20.1 Å². The molecule has 0 unspecified atom stereocenters. The Bertz CT molecular complexity index is 946. The van der Waals surface area contributed by atoms with Gasteiger partial charge in [-0.3, -0.25) is 0 Å². The number of nitrogens with one attached hydrogen (secondary N) is 2. The summed E-state index contributed by atoms with van der Waals surface area (Å²) < 4.78 is 12.7. The summed E-state index contributed by atoms with van der Waals surface area (Å²) in [6.07, 6.45) is 5.35. The Morgan fingerprint density at radius 2 is 2.00 bits per heavy atom. The van der Waals surface area contributed by atoms with E-state index in [2.05, 4.69) is 25.7 Å². The van der Waals surface area contributed by atoms with Gasteiger partial charge >= 0.3 is 0 Å². The highest BCUT2D eigenvalue weighted by Gasteiger charge is 2.07. The van der Waals surface area contributed by atoms with Gasteiger partial charge < -0.3 is 20.1 Å². The quantitative estimate of drug-likeness (QED) is 0.266. The third kappa shape index (κ3) is 6.34. The maximum absolute atomic E-state index is 5.65. The number of aromatic nitrogens is 3. The summed E-state index contributed by atoms with van der Waals surface area (Å²) in [4.78, 5) is 9.04. The van der Waals surface area contributed by atoms with Gasteiger partial charge in [0.15, 0.2) is 23.3 Å². The lowest BCUT2D eigenvalue weighted by Crippen LogP contribution is -2.30. The van der Waals surface area contributed by atoms with Gasteiger partial charge in [-0.2, -0.15) is 5.10 Å². The van der Waals surface area contributed by atoms with E-state index in [4.69, 9.17) is 9.47 Å². The number of hydrogen-bond donors (Lipinski definition) is 2. The summed E-state index contributed by atoms with van der Waals surface area (Å²) in [5.74, 6) is 2.82. The number of guanidine groups is 1. The van der Waals surface area contributed by atoms with Crippen LogP contribution in [0.25, 0.3) is 5.82 Å². The molecule has 0 aliphatic heterocycles. The van der Waals surface area contributed by atoms with E-state index in [9.17, 15) is 0 Å². The monoisotopic (exact) mass is 522 g/mol.